The van der Waals surface area contributed by atoms with Crippen molar-refractivity contribution in [3.8, 4) is 0 Å². The predicted octanol–water partition coefficient (Wildman–Crippen LogP) is 4.78. The number of hydrogen-bond acceptors (Lipinski definition) is 2. The van der Waals surface area contributed by atoms with Gasteiger partial charge in [0.15, 0.2) is 0 Å². The fraction of sp³-hybridized carbons (Fsp3) is 0.143. The first-order chi connectivity index (χ1) is 9.82. The molecule has 1 unspecified atom stereocenters. The summed E-state index contributed by atoms with van der Waals surface area (Å²) in [5, 5.41) is 0. The molecule has 0 fully saturated rings. The molecule has 1 atom stereocenters. The first-order valence-corrected chi connectivity index (χ1v) is 7.50. The molecule has 21 heavy (non-hydrogen) atoms. The summed E-state index contributed by atoms with van der Waals surface area (Å²) in [6.07, 6.45) is -4.34. The number of halogens is 5. The largest absolute Gasteiger partial charge is 0.416 e. The average molecular weight is 424 g/mol. The molecule has 3 N–H and O–H groups in total. The Morgan fingerprint density at radius 2 is 1.62 bits per heavy atom. The minimum Gasteiger partial charge on any atom is -0.271 e. The van der Waals surface area contributed by atoms with Crippen molar-refractivity contribution in [1.29, 1.82) is 0 Å². The van der Waals surface area contributed by atoms with Crippen LogP contribution in [0.25, 0.3) is 0 Å². The first kappa shape index (κ1) is 16.5. The summed E-state index contributed by atoms with van der Waals surface area (Å²) in [5.41, 5.74) is 3.42. The van der Waals surface area contributed by atoms with Gasteiger partial charge in [-0.2, -0.15) is 13.2 Å². The lowest BCUT2D eigenvalue weighted by atomic mass is 9.98. The van der Waals surface area contributed by atoms with Crippen LogP contribution in [0.15, 0.2) is 51.4 Å². The number of rotatable bonds is 3. The molecular weight excluding hydrogens is 413 g/mol. The van der Waals surface area contributed by atoms with Gasteiger partial charge in [0.2, 0.25) is 0 Å². The van der Waals surface area contributed by atoms with Crippen LogP contribution in [-0.2, 0) is 6.18 Å². The standard InChI is InChI=1S/C14H11Br2F3N2/c15-10-5-6-11(12(16)7-10)13(21-20)8-1-3-9(4-2-8)14(17,18)19/h1-7,13,21H,20H2. The molecular formula is C14H11Br2F3N2. The fourth-order valence-corrected chi connectivity index (χ4v) is 3.24. The molecule has 0 heterocycles. The van der Waals surface area contributed by atoms with Gasteiger partial charge in [-0.1, -0.05) is 50.1 Å². The molecule has 0 saturated carbocycles. The highest BCUT2D eigenvalue weighted by Gasteiger charge is 2.30. The van der Waals surface area contributed by atoms with E-state index in [0.29, 0.717) is 5.56 Å². The van der Waals surface area contributed by atoms with Gasteiger partial charge in [-0.3, -0.25) is 5.84 Å². The van der Waals surface area contributed by atoms with Crippen LogP contribution >= 0.6 is 31.9 Å². The molecule has 0 aliphatic heterocycles. The zero-order valence-corrected chi connectivity index (χ0v) is 13.8. The van der Waals surface area contributed by atoms with Crippen LogP contribution in [0.1, 0.15) is 22.7 Å². The number of hydrogen-bond donors (Lipinski definition) is 2. The van der Waals surface area contributed by atoms with E-state index in [2.05, 4.69) is 37.3 Å². The van der Waals surface area contributed by atoms with Crippen molar-refractivity contribution >= 4 is 31.9 Å². The zero-order chi connectivity index (χ0) is 15.6. The van der Waals surface area contributed by atoms with Crippen molar-refractivity contribution in [1.82, 2.24) is 5.43 Å². The van der Waals surface area contributed by atoms with Gasteiger partial charge in [-0.25, -0.2) is 5.43 Å². The SMILES string of the molecule is NNC(c1ccc(C(F)(F)F)cc1)c1ccc(Br)cc1Br. The lowest BCUT2D eigenvalue weighted by Gasteiger charge is -2.19. The van der Waals surface area contributed by atoms with Gasteiger partial charge < -0.3 is 0 Å². The molecule has 0 saturated heterocycles. The molecule has 0 aliphatic carbocycles. The molecule has 0 bridgehead atoms. The summed E-state index contributed by atoms with van der Waals surface area (Å²) >= 11 is 6.77. The van der Waals surface area contributed by atoms with Crippen LogP contribution in [0.5, 0.6) is 0 Å². The molecule has 2 aromatic rings. The number of hydrazine groups is 1. The molecule has 0 radical (unpaired) electrons. The summed E-state index contributed by atoms with van der Waals surface area (Å²) in [5.74, 6) is 5.56. The molecule has 7 heteroatoms. The topological polar surface area (TPSA) is 38.0 Å². The maximum Gasteiger partial charge on any atom is 0.416 e. The fourth-order valence-electron chi connectivity index (χ4n) is 1.97. The zero-order valence-electron chi connectivity index (χ0n) is 10.6. The van der Waals surface area contributed by atoms with E-state index in [1.54, 1.807) is 0 Å². The Morgan fingerprint density at radius 1 is 1.00 bits per heavy atom. The third kappa shape index (κ3) is 3.85. The molecule has 112 valence electrons. The maximum atomic E-state index is 12.6. The maximum absolute atomic E-state index is 12.6. The van der Waals surface area contributed by atoms with Crippen LogP contribution in [0.2, 0.25) is 0 Å². The molecule has 0 amide bonds. The highest BCUT2D eigenvalue weighted by atomic mass is 79.9. The van der Waals surface area contributed by atoms with Gasteiger partial charge in [0.05, 0.1) is 11.6 Å². The molecule has 0 aromatic heterocycles. The molecule has 2 nitrogen and oxygen atoms in total. The Balaban J connectivity index is 2.37. The van der Waals surface area contributed by atoms with Gasteiger partial charge in [-0.05, 0) is 35.4 Å². The minimum absolute atomic E-state index is 0.408. The molecule has 0 spiro atoms. The summed E-state index contributed by atoms with van der Waals surface area (Å²) < 4.78 is 39.4. The van der Waals surface area contributed by atoms with Gasteiger partial charge >= 0.3 is 6.18 Å². The van der Waals surface area contributed by atoms with E-state index in [4.69, 9.17) is 5.84 Å². The van der Waals surface area contributed by atoms with E-state index >= 15 is 0 Å². The number of benzene rings is 2. The van der Waals surface area contributed by atoms with Crippen LogP contribution in [-0.4, -0.2) is 0 Å². The van der Waals surface area contributed by atoms with Gasteiger partial charge in [0.1, 0.15) is 0 Å². The highest BCUT2D eigenvalue weighted by Crippen LogP contribution is 2.33. The highest BCUT2D eigenvalue weighted by molar-refractivity contribution is 9.11. The first-order valence-electron chi connectivity index (χ1n) is 5.91. The summed E-state index contributed by atoms with van der Waals surface area (Å²) in [7, 11) is 0. The third-order valence-electron chi connectivity index (χ3n) is 3.01. The minimum atomic E-state index is -4.34. The lowest BCUT2D eigenvalue weighted by molar-refractivity contribution is -0.137. The normalized spacial score (nSPS) is 13.2. The van der Waals surface area contributed by atoms with Crippen molar-refractivity contribution in [2.24, 2.45) is 5.84 Å². The van der Waals surface area contributed by atoms with E-state index in [9.17, 15) is 13.2 Å². The second-order valence-corrected chi connectivity index (χ2v) is 6.16. The van der Waals surface area contributed by atoms with Crippen LogP contribution in [0, 0.1) is 0 Å². The van der Waals surface area contributed by atoms with Crippen molar-refractivity contribution in [3.63, 3.8) is 0 Å². The summed E-state index contributed by atoms with van der Waals surface area (Å²) in [6, 6.07) is 10.1. The van der Waals surface area contributed by atoms with E-state index in [-0.39, 0.29) is 0 Å². The number of nitrogens with two attached hydrogens (primary N) is 1. The smallest absolute Gasteiger partial charge is 0.271 e. The second kappa shape index (κ2) is 6.48. The lowest BCUT2D eigenvalue weighted by Crippen LogP contribution is -2.29. The van der Waals surface area contributed by atoms with Crippen LogP contribution < -0.4 is 11.3 Å². The van der Waals surface area contributed by atoms with Gasteiger partial charge in [0, 0.05) is 8.95 Å². The number of alkyl halides is 3. The predicted molar refractivity (Wildman–Crippen MR) is 82.5 cm³/mol. The Hall–Kier alpha value is -0.890. The van der Waals surface area contributed by atoms with E-state index in [0.717, 1.165) is 26.6 Å². The van der Waals surface area contributed by atoms with Crippen LogP contribution in [0.4, 0.5) is 13.2 Å². The molecule has 2 aromatic carbocycles. The quantitative estimate of drug-likeness (QED) is 0.550. The molecule has 0 aliphatic rings. The Morgan fingerprint density at radius 3 is 2.10 bits per heavy atom. The van der Waals surface area contributed by atoms with Crippen molar-refractivity contribution in [3.05, 3.63) is 68.1 Å². The van der Waals surface area contributed by atoms with E-state index in [1.165, 1.54) is 12.1 Å². The Bertz CT molecular complexity index is 627. The van der Waals surface area contributed by atoms with Crippen molar-refractivity contribution in [2.45, 2.75) is 12.2 Å². The van der Waals surface area contributed by atoms with Gasteiger partial charge in [0.25, 0.3) is 0 Å². The molecule has 2 rings (SSSR count). The monoisotopic (exact) mass is 422 g/mol. The Kier molecular flexibility index (Phi) is 5.08. The average Bonchev–Trinajstić information content (AvgIpc) is 2.41. The van der Waals surface area contributed by atoms with Crippen molar-refractivity contribution in [2.75, 3.05) is 0 Å². The van der Waals surface area contributed by atoms with Crippen molar-refractivity contribution < 1.29 is 13.2 Å². The second-order valence-electron chi connectivity index (χ2n) is 4.39. The van der Waals surface area contributed by atoms with Crippen LogP contribution in [0.3, 0.4) is 0 Å². The third-order valence-corrected chi connectivity index (χ3v) is 4.19. The number of nitrogens with one attached hydrogen (secondary N) is 1. The van der Waals surface area contributed by atoms with Gasteiger partial charge in [-0.15, -0.1) is 0 Å². The summed E-state index contributed by atoms with van der Waals surface area (Å²) in [6.45, 7) is 0. The Labute approximate surface area is 136 Å². The van der Waals surface area contributed by atoms with E-state index < -0.39 is 17.8 Å². The van der Waals surface area contributed by atoms with E-state index in [1.807, 2.05) is 18.2 Å². The summed E-state index contributed by atoms with van der Waals surface area (Å²) in [4.78, 5) is 0.